The Bertz CT molecular complexity index is 530. The molecule has 0 unspecified atom stereocenters. The van der Waals surface area contributed by atoms with Gasteiger partial charge in [-0.15, -0.1) is 0 Å². The predicted molar refractivity (Wildman–Crippen MR) is 75.1 cm³/mol. The van der Waals surface area contributed by atoms with Crippen LogP contribution in [0.2, 0.25) is 0 Å². The van der Waals surface area contributed by atoms with E-state index in [1.54, 1.807) is 13.2 Å². The van der Waals surface area contributed by atoms with Crippen molar-refractivity contribution in [3.05, 3.63) is 35.4 Å². The summed E-state index contributed by atoms with van der Waals surface area (Å²) in [6, 6.07) is 6.56. The lowest BCUT2D eigenvalue weighted by atomic mass is 9.87. The monoisotopic (exact) mass is 257 g/mol. The minimum atomic E-state index is 0.0492. The first kappa shape index (κ1) is 12.3. The van der Waals surface area contributed by atoms with Gasteiger partial charge < -0.3 is 10.1 Å². The SMILES string of the molecule is COc1ccc2c(c1)/C(=C\C(=O)NC1CC1)CCC2. The molecule has 1 fully saturated rings. The molecular formula is C16H19NO2. The maximum atomic E-state index is 11.9. The molecule has 1 aromatic rings. The third kappa shape index (κ3) is 2.80. The quantitative estimate of drug-likeness (QED) is 0.845. The zero-order valence-electron chi connectivity index (χ0n) is 11.2. The number of carbonyl (C=O) groups is 1. The maximum Gasteiger partial charge on any atom is 0.244 e. The van der Waals surface area contributed by atoms with Crippen LogP contribution in [0.3, 0.4) is 0 Å². The Hall–Kier alpha value is -1.77. The standard InChI is InChI=1S/C16H19NO2/c1-19-14-8-5-11-3-2-4-12(15(11)10-14)9-16(18)17-13-6-7-13/h5,8-10,13H,2-4,6-7H2,1H3,(H,17,18)/b12-9-. The predicted octanol–water partition coefficient (Wildman–Crippen LogP) is 2.69. The van der Waals surface area contributed by atoms with Crippen LogP contribution in [0.1, 0.15) is 36.8 Å². The summed E-state index contributed by atoms with van der Waals surface area (Å²) < 4.78 is 5.28. The van der Waals surface area contributed by atoms with E-state index in [1.165, 1.54) is 11.1 Å². The minimum absolute atomic E-state index is 0.0492. The van der Waals surface area contributed by atoms with Gasteiger partial charge in [0.25, 0.3) is 0 Å². The molecule has 0 bridgehead atoms. The average molecular weight is 257 g/mol. The number of methoxy groups -OCH3 is 1. The Morgan fingerprint density at radius 1 is 1.37 bits per heavy atom. The zero-order chi connectivity index (χ0) is 13.2. The number of allylic oxidation sites excluding steroid dienone is 1. The minimum Gasteiger partial charge on any atom is -0.497 e. The molecular weight excluding hydrogens is 238 g/mol. The molecule has 0 aliphatic heterocycles. The summed E-state index contributed by atoms with van der Waals surface area (Å²) in [5.41, 5.74) is 3.63. The number of fused-ring (bicyclic) bond motifs is 1. The van der Waals surface area contributed by atoms with E-state index in [-0.39, 0.29) is 5.91 Å². The van der Waals surface area contributed by atoms with E-state index in [1.807, 2.05) is 12.1 Å². The summed E-state index contributed by atoms with van der Waals surface area (Å²) in [4.78, 5) is 11.9. The fraction of sp³-hybridized carbons (Fsp3) is 0.438. The summed E-state index contributed by atoms with van der Waals surface area (Å²) in [7, 11) is 1.67. The van der Waals surface area contributed by atoms with Crippen LogP contribution < -0.4 is 10.1 Å². The van der Waals surface area contributed by atoms with Gasteiger partial charge in [0.1, 0.15) is 5.75 Å². The second-order valence-electron chi connectivity index (χ2n) is 5.33. The van der Waals surface area contributed by atoms with E-state index >= 15 is 0 Å². The van der Waals surface area contributed by atoms with Gasteiger partial charge in [-0.1, -0.05) is 6.07 Å². The Labute approximate surface area is 113 Å². The van der Waals surface area contributed by atoms with Crippen molar-refractivity contribution in [2.45, 2.75) is 38.1 Å². The first-order valence-corrected chi connectivity index (χ1v) is 6.94. The highest BCUT2D eigenvalue weighted by Gasteiger charge is 2.23. The van der Waals surface area contributed by atoms with Crippen LogP contribution in [0, 0.1) is 0 Å². The van der Waals surface area contributed by atoms with Crippen LogP contribution in [0.5, 0.6) is 5.75 Å². The summed E-state index contributed by atoms with van der Waals surface area (Å²) in [6.45, 7) is 0. The number of hydrogen-bond donors (Lipinski definition) is 1. The van der Waals surface area contributed by atoms with Crippen LogP contribution in [-0.4, -0.2) is 19.1 Å². The highest BCUT2D eigenvalue weighted by atomic mass is 16.5. The van der Waals surface area contributed by atoms with Crippen LogP contribution in [-0.2, 0) is 11.2 Å². The van der Waals surface area contributed by atoms with Crippen LogP contribution >= 0.6 is 0 Å². The van der Waals surface area contributed by atoms with E-state index in [2.05, 4.69) is 11.4 Å². The number of hydrogen-bond acceptors (Lipinski definition) is 2. The van der Waals surface area contributed by atoms with Crippen LogP contribution in [0.25, 0.3) is 5.57 Å². The molecule has 0 radical (unpaired) electrons. The number of benzene rings is 1. The van der Waals surface area contributed by atoms with Gasteiger partial charge in [0.15, 0.2) is 0 Å². The molecule has 1 saturated carbocycles. The van der Waals surface area contributed by atoms with E-state index < -0.39 is 0 Å². The van der Waals surface area contributed by atoms with Crippen molar-refractivity contribution in [2.75, 3.05) is 7.11 Å². The van der Waals surface area contributed by atoms with Crippen molar-refractivity contribution in [3.63, 3.8) is 0 Å². The molecule has 19 heavy (non-hydrogen) atoms. The lowest BCUT2D eigenvalue weighted by molar-refractivity contribution is -0.116. The normalized spacial score (nSPS) is 19.9. The molecule has 2 aliphatic carbocycles. The van der Waals surface area contributed by atoms with E-state index in [9.17, 15) is 4.79 Å². The molecule has 3 heteroatoms. The Balaban J connectivity index is 1.87. The number of rotatable bonds is 3. The van der Waals surface area contributed by atoms with E-state index in [0.717, 1.165) is 43.4 Å². The summed E-state index contributed by atoms with van der Waals surface area (Å²) in [5, 5.41) is 3.01. The maximum absolute atomic E-state index is 11.9. The largest absolute Gasteiger partial charge is 0.497 e. The molecule has 1 N–H and O–H groups in total. The number of nitrogens with one attached hydrogen (secondary N) is 1. The molecule has 100 valence electrons. The highest BCUT2D eigenvalue weighted by molar-refractivity contribution is 5.96. The fourth-order valence-corrected chi connectivity index (χ4v) is 2.58. The number of carbonyl (C=O) groups excluding carboxylic acids is 1. The Kier molecular flexibility index (Phi) is 3.28. The Morgan fingerprint density at radius 3 is 2.95 bits per heavy atom. The topological polar surface area (TPSA) is 38.3 Å². The van der Waals surface area contributed by atoms with Crippen molar-refractivity contribution < 1.29 is 9.53 Å². The van der Waals surface area contributed by atoms with Gasteiger partial charge >= 0.3 is 0 Å². The summed E-state index contributed by atoms with van der Waals surface area (Å²) in [6.07, 6.45) is 7.19. The number of aryl methyl sites for hydroxylation is 1. The fourth-order valence-electron chi connectivity index (χ4n) is 2.58. The Morgan fingerprint density at radius 2 is 2.21 bits per heavy atom. The van der Waals surface area contributed by atoms with Crippen molar-refractivity contribution in [3.8, 4) is 5.75 Å². The van der Waals surface area contributed by atoms with Crippen LogP contribution in [0.4, 0.5) is 0 Å². The molecule has 3 rings (SSSR count). The second-order valence-corrected chi connectivity index (χ2v) is 5.33. The van der Waals surface area contributed by atoms with Gasteiger partial charge in [-0.3, -0.25) is 4.79 Å². The van der Waals surface area contributed by atoms with E-state index in [0.29, 0.717) is 6.04 Å². The van der Waals surface area contributed by atoms with Gasteiger partial charge in [-0.05, 0) is 60.9 Å². The highest BCUT2D eigenvalue weighted by Crippen LogP contribution is 2.33. The molecule has 1 amide bonds. The molecule has 0 spiro atoms. The third-order valence-corrected chi connectivity index (χ3v) is 3.78. The zero-order valence-corrected chi connectivity index (χ0v) is 11.2. The molecule has 2 aliphatic rings. The smallest absolute Gasteiger partial charge is 0.244 e. The molecule has 3 nitrogen and oxygen atoms in total. The van der Waals surface area contributed by atoms with Gasteiger partial charge in [0.05, 0.1) is 7.11 Å². The van der Waals surface area contributed by atoms with Crippen LogP contribution in [0.15, 0.2) is 24.3 Å². The first-order chi connectivity index (χ1) is 9.26. The molecule has 0 aromatic heterocycles. The second kappa shape index (κ2) is 5.08. The van der Waals surface area contributed by atoms with Gasteiger partial charge in [-0.25, -0.2) is 0 Å². The van der Waals surface area contributed by atoms with Crippen molar-refractivity contribution >= 4 is 11.5 Å². The van der Waals surface area contributed by atoms with Crippen molar-refractivity contribution in [1.29, 1.82) is 0 Å². The van der Waals surface area contributed by atoms with Crippen molar-refractivity contribution in [1.82, 2.24) is 5.32 Å². The van der Waals surface area contributed by atoms with Gasteiger partial charge in [-0.2, -0.15) is 0 Å². The summed E-state index contributed by atoms with van der Waals surface area (Å²) in [5.74, 6) is 0.905. The molecule has 0 saturated heterocycles. The third-order valence-electron chi connectivity index (χ3n) is 3.78. The molecule has 1 aromatic carbocycles. The lowest BCUT2D eigenvalue weighted by Gasteiger charge is -2.19. The average Bonchev–Trinajstić information content (AvgIpc) is 3.22. The first-order valence-electron chi connectivity index (χ1n) is 6.94. The van der Waals surface area contributed by atoms with Gasteiger partial charge in [0.2, 0.25) is 5.91 Å². The molecule has 0 atom stereocenters. The number of ether oxygens (including phenoxy) is 1. The lowest BCUT2D eigenvalue weighted by Crippen LogP contribution is -2.23. The van der Waals surface area contributed by atoms with E-state index in [4.69, 9.17) is 4.74 Å². The van der Waals surface area contributed by atoms with Crippen molar-refractivity contribution in [2.24, 2.45) is 0 Å². The molecule has 0 heterocycles. The summed E-state index contributed by atoms with van der Waals surface area (Å²) >= 11 is 0. The number of amides is 1. The van der Waals surface area contributed by atoms with Gasteiger partial charge in [0, 0.05) is 12.1 Å².